The Kier molecular flexibility index (Phi) is 3.25. The molecule has 1 aromatic rings. The second-order valence-corrected chi connectivity index (χ2v) is 3.35. The first kappa shape index (κ1) is 10.7. The fraction of sp³-hybridized carbons (Fsp3) is 0.125. The Morgan fingerprint density at radius 3 is 2.21 bits per heavy atom. The van der Waals surface area contributed by atoms with Crippen molar-refractivity contribution in [3.05, 3.63) is 24.3 Å². The lowest BCUT2D eigenvalue weighted by molar-refractivity contribution is -0.0328. The summed E-state index contributed by atoms with van der Waals surface area (Å²) in [5.74, 6) is 0.221. The number of alkyl halides is 3. The molecule has 0 N–H and O–H groups in total. The molecule has 0 aliphatic carbocycles. The SMILES string of the molecule is N#COc1ccc(SC(F)(F)F)cc1. The summed E-state index contributed by atoms with van der Waals surface area (Å²) in [5.41, 5.74) is -4.29. The van der Waals surface area contributed by atoms with Crippen LogP contribution in [0.3, 0.4) is 0 Å². The average molecular weight is 219 g/mol. The van der Waals surface area contributed by atoms with Gasteiger partial charge in [0.1, 0.15) is 5.75 Å². The van der Waals surface area contributed by atoms with Gasteiger partial charge in [0.25, 0.3) is 6.26 Å². The van der Waals surface area contributed by atoms with Crippen LogP contribution in [0.2, 0.25) is 0 Å². The van der Waals surface area contributed by atoms with Gasteiger partial charge in [-0.2, -0.15) is 13.2 Å². The van der Waals surface area contributed by atoms with Crippen LogP contribution in [0.25, 0.3) is 0 Å². The van der Waals surface area contributed by atoms with E-state index in [0.29, 0.717) is 0 Å². The molecule has 0 fully saturated rings. The van der Waals surface area contributed by atoms with E-state index in [9.17, 15) is 13.2 Å². The largest absolute Gasteiger partial charge is 0.446 e. The number of hydrogen-bond acceptors (Lipinski definition) is 3. The highest BCUT2D eigenvalue weighted by atomic mass is 32.2. The summed E-state index contributed by atoms with van der Waals surface area (Å²) >= 11 is -0.211. The van der Waals surface area contributed by atoms with Crippen LogP contribution in [0, 0.1) is 11.5 Å². The number of rotatable bonds is 2. The maximum absolute atomic E-state index is 11.9. The molecule has 0 amide bonds. The first-order valence-electron chi connectivity index (χ1n) is 3.43. The quantitative estimate of drug-likeness (QED) is 0.565. The molecule has 0 atom stereocenters. The molecule has 0 unspecified atom stereocenters. The molecule has 0 radical (unpaired) electrons. The summed E-state index contributed by atoms with van der Waals surface area (Å²) in [4.78, 5) is 0.0581. The minimum Gasteiger partial charge on any atom is -0.388 e. The average Bonchev–Trinajstić information content (AvgIpc) is 2.06. The van der Waals surface area contributed by atoms with Crippen molar-refractivity contribution in [2.75, 3.05) is 0 Å². The Labute approximate surface area is 82.3 Å². The van der Waals surface area contributed by atoms with E-state index in [1.54, 1.807) is 0 Å². The zero-order chi connectivity index (χ0) is 10.6. The lowest BCUT2D eigenvalue weighted by Crippen LogP contribution is -1.98. The van der Waals surface area contributed by atoms with Gasteiger partial charge in [-0.1, -0.05) is 0 Å². The molecule has 0 aliphatic rings. The monoisotopic (exact) mass is 219 g/mol. The number of thioether (sulfide) groups is 1. The molecule has 0 heterocycles. The first-order valence-corrected chi connectivity index (χ1v) is 4.24. The minimum atomic E-state index is -4.29. The van der Waals surface area contributed by atoms with Crippen molar-refractivity contribution in [1.82, 2.24) is 0 Å². The standard InChI is InChI=1S/C8H4F3NOS/c9-8(10,11)14-7-3-1-6(2-4-7)13-5-12/h1-4H. The highest BCUT2D eigenvalue weighted by Crippen LogP contribution is 2.37. The van der Waals surface area contributed by atoms with E-state index in [-0.39, 0.29) is 22.4 Å². The number of hydrogen-bond donors (Lipinski definition) is 0. The fourth-order valence-corrected chi connectivity index (χ4v) is 1.30. The third-order valence-corrected chi connectivity index (χ3v) is 1.96. The van der Waals surface area contributed by atoms with Gasteiger partial charge in [-0.15, -0.1) is 5.26 Å². The van der Waals surface area contributed by atoms with Crippen molar-refractivity contribution in [2.45, 2.75) is 10.4 Å². The van der Waals surface area contributed by atoms with Crippen molar-refractivity contribution in [1.29, 1.82) is 5.26 Å². The molecule has 1 rings (SSSR count). The van der Waals surface area contributed by atoms with Gasteiger partial charge in [0.15, 0.2) is 0 Å². The zero-order valence-corrected chi connectivity index (χ0v) is 7.52. The number of benzene rings is 1. The second kappa shape index (κ2) is 4.24. The summed E-state index contributed by atoms with van der Waals surface area (Å²) in [5, 5.41) is 8.12. The number of halogens is 3. The molecule has 2 nitrogen and oxygen atoms in total. The van der Waals surface area contributed by atoms with E-state index in [4.69, 9.17) is 5.26 Å². The molecular formula is C8H4F3NOS. The van der Waals surface area contributed by atoms with Crippen molar-refractivity contribution in [3.8, 4) is 12.0 Å². The van der Waals surface area contributed by atoms with Gasteiger partial charge >= 0.3 is 5.51 Å². The summed E-state index contributed by atoms with van der Waals surface area (Å²) in [7, 11) is 0. The molecule has 0 aliphatic heterocycles. The fourth-order valence-electron chi connectivity index (χ4n) is 0.762. The maximum Gasteiger partial charge on any atom is 0.446 e. The van der Waals surface area contributed by atoms with Crippen LogP contribution >= 0.6 is 11.8 Å². The Bertz CT molecular complexity index is 341. The van der Waals surface area contributed by atoms with Gasteiger partial charge in [0, 0.05) is 4.90 Å². The minimum absolute atomic E-state index is 0.0581. The van der Waals surface area contributed by atoms with Crippen molar-refractivity contribution < 1.29 is 17.9 Å². The number of nitriles is 1. The second-order valence-electron chi connectivity index (χ2n) is 2.21. The smallest absolute Gasteiger partial charge is 0.388 e. The molecule has 6 heteroatoms. The Balaban J connectivity index is 2.70. The Hall–Kier alpha value is -1.35. The van der Waals surface area contributed by atoms with Crippen LogP contribution in [0.15, 0.2) is 29.2 Å². The van der Waals surface area contributed by atoms with E-state index < -0.39 is 5.51 Å². The highest BCUT2D eigenvalue weighted by Gasteiger charge is 2.28. The molecule has 74 valence electrons. The summed E-state index contributed by atoms with van der Waals surface area (Å²) in [6, 6.07) is 5.09. The summed E-state index contributed by atoms with van der Waals surface area (Å²) in [6.07, 6.45) is 1.42. The van der Waals surface area contributed by atoms with E-state index in [2.05, 4.69) is 4.74 Å². The van der Waals surface area contributed by atoms with Crippen LogP contribution in [-0.4, -0.2) is 5.51 Å². The van der Waals surface area contributed by atoms with Gasteiger partial charge in [-0.3, -0.25) is 0 Å². The zero-order valence-electron chi connectivity index (χ0n) is 6.71. The molecule has 0 saturated heterocycles. The molecular weight excluding hydrogens is 215 g/mol. The maximum atomic E-state index is 11.9. The molecule has 0 aromatic heterocycles. The van der Waals surface area contributed by atoms with Gasteiger partial charge in [-0.25, -0.2) is 0 Å². The van der Waals surface area contributed by atoms with E-state index >= 15 is 0 Å². The third-order valence-electron chi connectivity index (χ3n) is 1.22. The molecule has 14 heavy (non-hydrogen) atoms. The highest BCUT2D eigenvalue weighted by molar-refractivity contribution is 8.00. The van der Waals surface area contributed by atoms with E-state index in [1.807, 2.05) is 0 Å². The van der Waals surface area contributed by atoms with Gasteiger partial charge in [-0.05, 0) is 36.0 Å². The third kappa shape index (κ3) is 3.58. The van der Waals surface area contributed by atoms with Crippen LogP contribution in [0.1, 0.15) is 0 Å². The van der Waals surface area contributed by atoms with Crippen LogP contribution in [0.5, 0.6) is 5.75 Å². The topological polar surface area (TPSA) is 33.0 Å². The van der Waals surface area contributed by atoms with E-state index in [1.165, 1.54) is 30.5 Å². The van der Waals surface area contributed by atoms with Crippen LogP contribution in [-0.2, 0) is 0 Å². The van der Waals surface area contributed by atoms with Gasteiger partial charge < -0.3 is 4.74 Å². The predicted molar refractivity (Wildman–Crippen MR) is 44.6 cm³/mol. The Morgan fingerprint density at radius 1 is 1.21 bits per heavy atom. The number of ether oxygens (including phenoxy) is 1. The Morgan fingerprint density at radius 2 is 1.79 bits per heavy atom. The van der Waals surface area contributed by atoms with Crippen LogP contribution < -0.4 is 4.74 Å². The summed E-state index contributed by atoms with van der Waals surface area (Å²) in [6.45, 7) is 0. The lowest BCUT2D eigenvalue weighted by atomic mass is 10.3. The summed E-state index contributed by atoms with van der Waals surface area (Å²) < 4.78 is 40.0. The number of nitrogens with zero attached hydrogens (tertiary/aromatic N) is 1. The van der Waals surface area contributed by atoms with Crippen LogP contribution in [0.4, 0.5) is 13.2 Å². The molecule has 0 spiro atoms. The van der Waals surface area contributed by atoms with E-state index in [0.717, 1.165) is 0 Å². The van der Waals surface area contributed by atoms with Gasteiger partial charge in [0.05, 0.1) is 0 Å². The van der Waals surface area contributed by atoms with Crippen molar-refractivity contribution in [2.24, 2.45) is 0 Å². The molecule has 0 bridgehead atoms. The van der Waals surface area contributed by atoms with Gasteiger partial charge in [0.2, 0.25) is 0 Å². The molecule has 0 saturated carbocycles. The van der Waals surface area contributed by atoms with Crippen molar-refractivity contribution in [3.63, 3.8) is 0 Å². The lowest BCUT2D eigenvalue weighted by Gasteiger charge is -2.04. The predicted octanol–water partition coefficient (Wildman–Crippen LogP) is 3.16. The molecule has 1 aromatic carbocycles. The van der Waals surface area contributed by atoms with Crippen molar-refractivity contribution >= 4 is 11.8 Å². The first-order chi connectivity index (χ1) is 6.51. The normalized spacial score (nSPS) is 10.7.